The second-order valence-electron chi connectivity index (χ2n) is 7.69. The first-order chi connectivity index (χ1) is 14.6. The lowest BCUT2D eigenvalue weighted by Gasteiger charge is -2.26. The van der Waals surface area contributed by atoms with Crippen molar-refractivity contribution in [3.05, 3.63) is 47.8 Å². The van der Waals surface area contributed by atoms with Gasteiger partial charge in [-0.3, -0.25) is 19.5 Å². The number of pyridine rings is 1. The summed E-state index contributed by atoms with van der Waals surface area (Å²) in [5.41, 5.74) is 3.87. The highest BCUT2D eigenvalue weighted by atomic mass is 16.5. The number of nitrogens with zero attached hydrogens (tertiary/aromatic N) is 2. The smallest absolute Gasteiger partial charge is 0.238 e. The van der Waals surface area contributed by atoms with E-state index in [1.807, 2.05) is 23.1 Å². The highest BCUT2D eigenvalue weighted by Crippen LogP contribution is 2.30. The number of carbonyl (C=O) groups excluding carboxylic acids is 2. The van der Waals surface area contributed by atoms with Crippen LogP contribution in [0.4, 0.5) is 5.69 Å². The average Bonchev–Trinajstić information content (AvgIpc) is 2.73. The quantitative estimate of drug-likeness (QED) is 0.709. The van der Waals surface area contributed by atoms with Gasteiger partial charge in [-0.15, -0.1) is 0 Å². The van der Waals surface area contributed by atoms with E-state index in [9.17, 15) is 9.59 Å². The van der Waals surface area contributed by atoms with Crippen LogP contribution in [0, 0.1) is 0 Å². The molecule has 0 radical (unpaired) electrons. The van der Waals surface area contributed by atoms with Crippen LogP contribution >= 0.6 is 0 Å². The van der Waals surface area contributed by atoms with Crippen LogP contribution in [0.3, 0.4) is 0 Å². The summed E-state index contributed by atoms with van der Waals surface area (Å²) in [7, 11) is 0. The highest BCUT2D eigenvalue weighted by molar-refractivity contribution is 6.04. The van der Waals surface area contributed by atoms with Gasteiger partial charge in [0.2, 0.25) is 5.91 Å². The van der Waals surface area contributed by atoms with Crippen LogP contribution < -0.4 is 5.32 Å². The number of aromatic nitrogens is 1. The van der Waals surface area contributed by atoms with Gasteiger partial charge in [0.15, 0.2) is 5.78 Å². The van der Waals surface area contributed by atoms with Crippen LogP contribution in [0.2, 0.25) is 0 Å². The van der Waals surface area contributed by atoms with Gasteiger partial charge in [-0.1, -0.05) is 31.2 Å². The van der Waals surface area contributed by atoms with Crippen molar-refractivity contribution in [1.82, 2.24) is 9.88 Å². The largest absolute Gasteiger partial charge is 0.380 e. The molecule has 2 aliphatic heterocycles. The van der Waals surface area contributed by atoms with E-state index in [0.717, 1.165) is 37.4 Å². The second-order valence-corrected chi connectivity index (χ2v) is 7.69. The number of hydrogen-bond acceptors (Lipinski definition) is 6. The SMILES string of the molecule is CCC(=O)c1ncc(-c2cccc(C3COC3)c2)cc1NC(=O)CN1CCOCC1. The lowest BCUT2D eigenvalue weighted by atomic mass is 9.94. The van der Waals surface area contributed by atoms with Crippen molar-refractivity contribution < 1.29 is 19.1 Å². The third-order valence-corrected chi connectivity index (χ3v) is 5.55. The van der Waals surface area contributed by atoms with Crippen molar-refractivity contribution in [3.8, 4) is 11.1 Å². The maximum absolute atomic E-state index is 12.6. The monoisotopic (exact) mass is 409 g/mol. The Morgan fingerprint density at radius 3 is 2.63 bits per heavy atom. The maximum Gasteiger partial charge on any atom is 0.238 e. The Balaban J connectivity index is 1.57. The van der Waals surface area contributed by atoms with Crippen molar-refractivity contribution in [2.75, 3.05) is 51.4 Å². The molecular weight excluding hydrogens is 382 g/mol. The first-order valence-corrected chi connectivity index (χ1v) is 10.5. The molecule has 158 valence electrons. The molecule has 0 aliphatic carbocycles. The minimum atomic E-state index is -0.152. The lowest BCUT2D eigenvalue weighted by molar-refractivity contribution is -0.118. The Bertz CT molecular complexity index is 920. The number of amides is 1. The Morgan fingerprint density at radius 2 is 1.93 bits per heavy atom. The number of Topliss-reactive ketones (excluding diaryl/α,β-unsaturated/α-hetero) is 1. The van der Waals surface area contributed by atoms with Crippen molar-refractivity contribution >= 4 is 17.4 Å². The summed E-state index contributed by atoms with van der Waals surface area (Å²) < 4.78 is 10.6. The van der Waals surface area contributed by atoms with E-state index in [2.05, 4.69) is 22.4 Å². The number of morpholine rings is 1. The summed E-state index contributed by atoms with van der Waals surface area (Å²) >= 11 is 0. The average molecular weight is 409 g/mol. The van der Waals surface area contributed by atoms with Gasteiger partial charge in [-0.25, -0.2) is 0 Å². The zero-order valence-corrected chi connectivity index (χ0v) is 17.2. The summed E-state index contributed by atoms with van der Waals surface area (Å²) in [6.07, 6.45) is 2.03. The van der Waals surface area contributed by atoms with Crippen molar-refractivity contribution in [3.63, 3.8) is 0 Å². The Hall–Kier alpha value is -2.61. The molecule has 0 spiro atoms. The molecule has 2 aliphatic rings. The van der Waals surface area contributed by atoms with Crippen molar-refractivity contribution in [2.45, 2.75) is 19.3 Å². The van der Waals surface area contributed by atoms with E-state index in [1.54, 1.807) is 13.1 Å². The van der Waals surface area contributed by atoms with Crippen LogP contribution in [0.25, 0.3) is 11.1 Å². The Morgan fingerprint density at radius 1 is 1.13 bits per heavy atom. The van der Waals surface area contributed by atoms with Crippen molar-refractivity contribution in [2.24, 2.45) is 0 Å². The van der Waals surface area contributed by atoms with Gasteiger partial charge in [-0.05, 0) is 17.2 Å². The molecule has 7 nitrogen and oxygen atoms in total. The van der Waals surface area contributed by atoms with E-state index >= 15 is 0 Å². The van der Waals surface area contributed by atoms with Gasteiger partial charge < -0.3 is 14.8 Å². The van der Waals surface area contributed by atoms with E-state index in [-0.39, 0.29) is 18.2 Å². The Labute approximate surface area is 176 Å². The van der Waals surface area contributed by atoms with E-state index in [1.165, 1.54) is 5.56 Å². The summed E-state index contributed by atoms with van der Waals surface area (Å²) in [5, 5.41) is 2.92. The Kier molecular flexibility index (Phi) is 6.52. The van der Waals surface area contributed by atoms with Gasteiger partial charge in [0.1, 0.15) is 5.69 Å². The molecule has 2 fully saturated rings. The minimum absolute atomic E-state index is 0.0939. The van der Waals surface area contributed by atoms with Crippen LogP contribution in [0.5, 0.6) is 0 Å². The molecule has 2 aromatic rings. The van der Waals surface area contributed by atoms with Gasteiger partial charge in [0, 0.05) is 37.2 Å². The normalized spacial score (nSPS) is 17.4. The molecule has 1 N–H and O–H groups in total. The summed E-state index contributed by atoms with van der Waals surface area (Å²) in [6, 6.07) is 10.1. The maximum atomic E-state index is 12.6. The molecule has 30 heavy (non-hydrogen) atoms. The van der Waals surface area contributed by atoms with E-state index < -0.39 is 0 Å². The minimum Gasteiger partial charge on any atom is -0.380 e. The number of nitrogens with one attached hydrogen (secondary N) is 1. The molecule has 3 heterocycles. The molecule has 0 bridgehead atoms. The first-order valence-electron chi connectivity index (χ1n) is 10.5. The molecule has 0 unspecified atom stereocenters. The predicted octanol–water partition coefficient (Wildman–Crippen LogP) is 2.73. The molecule has 1 aromatic carbocycles. The van der Waals surface area contributed by atoms with Gasteiger partial charge >= 0.3 is 0 Å². The molecule has 1 amide bonds. The number of rotatable bonds is 7. The molecule has 7 heteroatoms. The van der Waals surface area contributed by atoms with Crippen LogP contribution in [0.1, 0.15) is 35.3 Å². The molecular formula is C23H27N3O4. The van der Waals surface area contributed by atoms with Crippen molar-refractivity contribution in [1.29, 1.82) is 0 Å². The summed E-state index contributed by atoms with van der Waals surface area (Å²) in [4.78, 5) is 31.5. The molecule has 4 rings (SSSR count). The fourth-order valence-electron chi connectivity index (χ4n) is 3.66. The third kappa shape index (κ3) is 4.75. The number of carbonyl (C=O) groups is 2. The fraction of sp³-hybridized carbons (Fsp3) is 0.435. The fourth-order valence-corrected chi connectivity index (χ4v) is 3.66. The van der Waals surface area contributed by atoms with Gasteiger partial charge in [0.25, 0.3) is 0 Å². The lowest BCUT2D eigenvalue weighted by Crippen LogP contribution is -2.41. The van der Waals surface area contributed by atoms with Gasteiger partial charge in [-0.2, -0.15) is 0 Å². The second kappa shape index (κ2) is 9.47. The molecule has 0 saturated carbocycles. The van der Waals surface area contributed by atoms with Crippen LogP contribution in [-0.4, -0.2) is 67.6 Å². The predicted molar refractivity (Wildman–Crippen MR) is 114 cm³/mol. The number of ether oxygens (including phenoxy) is 2. The standard InChI is InChI=1S/C23H27N3O4/c1-2-21(27)23-20(25-22(28)13-26-6-8-29-9-7-26)11-18(12-24-23)16-4-3-5-17(10-16)19-14-30-15-19/h3-5,10-12,19H,2,6-9,13-15H2,1H3,(H,25,28). The van der Waals surface area contributed by atoms with E-state index in [4.69, 9.17) is 9.47 Å². The number of hydrogen-bond donors (Lipinski definition) is 1. The van der Waals surface area contributed by atoms with Crippen LogP contribution in [0.15, 0.2) is 36.5 Å². The summed E-state index contributed by atoms with van der Waals surface area (Å²) in [6.45, 7) is 6.27. The third-order valence-electron chi connectivity index (χ3n) is 5.55. The van der Waals surface area contributed by atoms with E-state index in [0.29, 0.717) is 36.9 Å². The zero-order chi connectivity index (χ0) is 20.9. The first kappa shape index (κ1) is 20.7. The van der Waals surface area contributed by atoms with Gasteiger partial charge in [0.05, 0.1) is 38.7 Å². The molecule has 1 aromatic heterocycles. The molecule has 2 saturated heterocycles. The number of anilines is 1. The highest BCUT2D eigenvalue weighted by Gasteiger charge is 2.21. The van der Waals surface area contributed by atoms with Crippen LogP contribution in [-0.2, 0) is 14.3 Å². The zero-order valence-electron chi connectivity index (χ0n) is 17.2. The summed E-state index contributed by atoms with van der Waals surface area (Å²) in [5.74, 6) is 0.177. The molecule has 0 atom stereocenters. The number of benzene rings is 1. The topological polar surface area (TPSA) is 80.8 Å². The number of ketones is 1.